The zero-order valence-corrected chi connectivity index (χ0v) is 7.28. The summed E-state index contributed by atoms with van der Waals surface area (Å²) >= 11 is 0. The number of fused-ring (bicyclic) bond motifs is 1. The largest absolute Gasteiger partial charge is 0.317 e. The van der Waals surface area contributed by atoms with Crippen LogP contribution in [0, 0.1) is 0 Å². The van der Waals surface area contributed by atoms with Crippen LogP contribution in [-0.4, -0.2) is 24.9 Å². The molecule has 0 atom stereocenters. The maximum atomic E-state index is 4.28. The Morgan fingerprint density at radius 2 is 2.42 bits per heavy atom. The van der Waals surface area contributed by atoms with E-state index in [0.717, 1.165) is 18.1 Å². The van der Waals surface area contributed by atoms with E-state index in [1.807, 2.05) is 31.3 Å². The molecule has 0 saturated carbocycles. The number of anilines is 1. The van der Waals surface area contributed by atoms with Gasteiger partial charge in [-0.05, 0) is 6.07 Å². The lowest BCUT2D eigenvalue weighted by atomic mass is 10.2. The monoisotopic (exact) mass is 161 g/mol. The zero-order valence-electron chi connectivity index (χ0n) is 7.28. The minimum absolute atomic E-state index is 0.913. The second-order valence-electron chi connectivity index (χ2n) is 2.86. The normalized spacial score (nSPS) is 18.5. The SMILES string of the molecule is CN=C1Cc2cccnc2N1C. The van der Waals surface area contributed by atoms with Gasteiger partial charge in [0.15, 0.2) is 0 Å². The number of amidine groups is 1. The van der Waals surface area contributed by atoms with Crippen LogP contribution >= 0.6 is 0 Å². The topological polar surface area (TPSA) is 28.5 Å². The number of rotatable bonds is 0. The first kappa shape index (κ1) is 7.28. The van der Waals surface area contributed by atoms with Gasteiger partial charge in [-0.3, -0.25) is 4.99 Å². The molecular weight excluding hydrogens is 150 g/mol. The number of hydrogen-bond acceptors (Lipinski definition) is 2. The molecule has 1 aromatic heterocycles. The molecule has 0 saturated heterocycles. The smallest absolute Gasteiger partial charge is 0.137 e. The van der Waals surface area contributed by atoms with Crippen LogP contribution in [0.5, 0.6) is 0 Å². The van der Waals surface area contributed by atoms with Crippen molar-refractivity contribution >= 4 is 11.7 Å². The molecule has 2 rings (SSSR count). The molecule has 1 aliphatic rings. The van der Waals surface area contributed by atoms with Crippen molar-refractivity contribution < 1.29 is 0 Å². The highest BCUT2D eigenvalue weighted by molar-refractivity contribution is 6.03. The third-order valence-electron chi connectivity index (χ3n) is 2.18. The molecule has 3 heteroatoms. The summed E-state index contributed by atoms with van der Waals surface area (Å²) in [6.07, 6.45) is 2.73. The fraction of sp³-hybridized carbons (Fsp3) is 0.333. The summed E-state index contributed by atoms with van der Waals surface area (Å²) < 4.78 is 0. The molecular formula is C9H11N3. The van der Waals surface area contributed by atoms with Crippen LogP contribution in [0.15, 0.2) is 23.3 Å². The molecule has 0 bridgehead atoms. The highest BCUT2D eigenvalue weighted by Gasteiger charge is 2.21. The summed E-state index contributed by atoms with van der Waals surface area (Å²) in [5.41, 5.74) is 1.26. The van der Waals surface area contributed by atoms with Crippen molar-refractivity contribution in [3.8, 4) is 0 Å². The van der Waals surface area contributed by atoms with Crippen molar-refractivity contribution in [2.45, 2.75) is 6.42 Å². The third kappa shape index (κ3) is 0.897. The Morgan fingerprint density at radius 1 is 1.58 bits per heavy atom. The highest BCUT2D eigenvalue weighted by Crippen LogP contribution is 2.24. The second-order valence-corrected chi connectivity index (χ2v) is 2.86. The molecule has 62 valence electrons. The number of nitrogens with zero attached hydrogens (tertiary/aromatic N) is 3. The van der Waals surface area contributed by atoms with Gasteiger partial charge in [0.1, 0.15) is 11.7 Å². The third-order valence-corrected chi connectivity index (χ3v) is 2.18. The summed E-state index contributed by atoms with van der Waals surface area (Å²) in [6.45, 7) is 0. The van der Waals surface area contributed by atoms with Crippen molar-refractivity contribution in [1.29, 1.82) is 0 Å². The van der Waals surface area contributed by atoms with Gasteiger partial charge in [-0.25, -0.2) is 4.98 Å². The minimum Gasteiger partial charge on any atom is -0.317 e. The molecule has 3 nitrogen and oxygen atoms in total. The summed E-state index contributed by atoms with van der Waals surface area (Å²) in [4.78, 5) is 10.5. The van der Waals surface area contributed by atoms with Crippen LogP contribution in [0.3, 0.4) is 0 Å². The standard InChI is InChI=1S/C9H11N3/c1-10-8-6-7-4-3-5-11-9(7)12(8)2/h3-5H,6H2,1-2H3. The van der Waals surface area contributed by atoms with Gasteiger partial charge in [0, 0.05) is 32.3 Å². The first-order chi connectivity index (χ1) is 5.83. The molecule has 0 aliphatic carbocycles. The molecule has 0 amide bonds. The predicted molar refractivity (Wildman–Crippen MR) is 49.7 cm³/mol. The van der Waals surface area contributed by atoms with Crippen molar-refractivity contribution in [3.63, 3.8) is 0 Å². The molecule has 1 aromatic rings. The summed E-state index contributed by atoms with van der Waals surface area (Å²) in [6, 6.07) is 4.06. The van der Waals surface area contributed by atoms with Crippen molar-refractivity contribution in [3.05, 3.63) is 23.9 Å². The Hall–Kier alpha value is -1.38. The van der Waals surface area contributed by atoms with E-state index in [0.29, 0.717) is 0 Å². The lowest BCUT2D eigenvalue weighted by molar-refractivity contribution is 1.18. The average molecular weight is 161 g/mol. The highest BCUT2D eigenvalue weighted by atomic mass is 15.2. The Labute approximate surface area is 71.8 Å². The van der Waals surface area contributed by atoms with Crippen molar-refractivity contribution in [2.75, 3.05) is 19.0 Å². The molecule has 0 N–H and O–H groups in total. The molecule has 2 heterocycles. The number of pyridine rings is 1. The Balaban J connectivity index is 2.49. The quantitative estimate of drug-likeness (QED) is 0.570. The van der Waals surface area contributed by atoms with Crippen LogP contribution < -0.4 is 4.90 Å². The minimum atomic E-state index is 0.913. The van der Waals surface area contributed by atoms with Crippen molar-refractivity contribution in [1.82, 2.24) is 4.98 Å². The van der Waals surface area contributed by atoms with Crippen LogP contribution in [0.25, 0.3) is 0 Å². The van der Waals surface area contributed by atoms with Crippen LogP contribution in [0.4, 0.5) is 5.82 Å². The van der Waals surface area contributed by atoms with E-state index >= 15 is 0 Å². The Kier molecular flexibility index (Phi) is 1.57. The van der Waals surface area contributed by atoms with E-state index in [1.54, 1.807) is 0 Å². The van der Waals surface area contributed by atoms with Gasteiger partial charge in [-0.2, -0.15) is 0 Å². The molecule has 12 heavy (non-hydrogen) atoms. The van der Waals surface area contributed by atoms with Crippen LogP contribution in [-0.2, 0) is 6.42 Å². The molecule has 0 aromatic carbocycles. The first-order valence-electron chi connectivity index (χ1n) is 3.96. The molecule has 0 spiro atoms. The van der Waals surface area contributed by atoms with E-state index in [-0.39, 0.29) is 0 Å². The van der Waals surface area contributed by atoms with Gasteiger partial charge in [0.05, 0.1) is 0 Å². The number of aromatic nitrogens is 1. The molecule has 0 unspecified atom stereocenters. The van der Waals surface area contributed by atoms with E-state index in [9.17, 15) is 0 Å². The van der Waals surface area contributed by atoms with Gasteiger partial charge in [-0.1, -0.05) is 6.07 Å². The van der Waals surface area contributed by atoms with Gasteiger partial charge in [0.25, 0.3) is 0 Å². The van der Waals surface area contributed by atoms with Gasteiger partial charge < -0.3 is 4.90 Å². The molecule has 1 aliphatic heterocycles. The van der Waals surface area contributed by atoms with E-state index < -0.39 is 0 Å². The predicted octanol–water partition coefficient (Wildman–Crippen LogP) is 1.10. The number of likely N-dealkylation sites (N-methyl/N-ethyl adjacent to an activating group) is 1. The van der Waals surface area contributed by atoms with Crippen molar-refractivity contribution in [2.24, 2.45) is 4.99 Å². The lowest BCUT2D eigenvalue weighted by Gasteiger charge is -2.10. The van der Waals surface area contributed by atoms with Gasteiger partial charge in [0.2, 0.25) is 0 Å². The van der Waals surface area contributed by atoms with E-state index in [1.165, 1.54) is 5.56 Å². The zero-order chi connectivity index (χ0) is 8.55. The maximum Gasteiger partial charge on any atom is 0.137 e. The Bertz CT molecular complexity index is 330. The Morgan fingerprint density at radius 3 is 3.08 bits per heavy atom. The van der Waals surface area contributed by atoms with E-state index in [4.69, 9.17) is 0 Å². The fourth-order valence-corrected chi connectivity index (χ4v) is 1.51. The van der Waals surface area contributed by atoms with E-state index in [2.05, 4.69) is 16.0 Å². The average Bonchev–Trinajstić information content (AvgIpc) is 2.44. The second kappa shape index (κ2) is 2.59. The van der Waals surface area contributed by atoms with Gasteiger partial charge in [-0.15, -0.1) is 0 Å². The van der Waals surface area contributed by atoms with Gasteiger partial charge >= 0.3 is 0 Å². The lowest BCUT2D eigenvalue weighted by Crippen LogP contribution is -2.21. The summed E-state index contributed by atoms with van der Waals surface area (Å²) in [7, 11) is 3.82. The van der Waals surface area contributed by atoms with Crippen LogP contribution in [0.2, 0.25) is 0 Å². The first-order valence-corrected chi connectivity index (χ1v) is 3.96. The number of aliphatic imine (C=N–C) groups is 1. The summed E-state index contributed by atoms with van der Waals surface area (Å²) in [5, 5.41) is 0. The van der Waals surface area contributed by atoms with Crippen LogP contribution in [0.1, 0.15) is 5.56 Å². The number of hydrogen-bond donors (Lipinski definition) is 0. The molecule has 0 fully saturated rings. The fourth-order valence-electron chi connectivity index (χ4n) is 1.51. The molecule has 0 radical (unpaired) electrons. The summed E-state index contributed by atoms with van der Waals surface area (Å²) in [5.74, 6) is 2.13. The maximum absolute atomic E-state index is 4.28.